The lowest BCUT2D eigenvalue weighted by molar-refractivity contribution is -0.117. The van der Waals surface area contributed by atoms with Gasteiger partial charge in [0.25, 0.3) is 0 Å². The molecule has 0 spiro atoms. The number of amides is 2. The third kappa shape index (κ3) is 5.10. The van der Waals surface area contributed by atoms with Crippen LogP contribution < -0.4 is 5.32 Å². The van der Waals surface area contributed by atoms with Crippen molar-refractivity contribution in [1.29, 1.82) is 0 Å². The van der Waals surface area contributed by atoms with Crippen LogP contribution in [0.4, 0.5) is 4.79 Å². The van der Waals surface area contributed by atoms with Crippen molar-refractivity contribution in [3.05, 3.63) is 0 Å². The fraction of sp³-hybridized carbons (Fsp3) is 0.786. The molecule has 2 atom stereocenters. The highest BCUT2D eigenvalue weighted by molar-refractivity contribution is 8.15. The number of sulfone groups is 1. The highest BCUT2D eigenvalue weighted by atomic mass is 32.2. The van der Waals surface area contributed by atoms with Crippen LogP contribution in [-0.4, -0.2) is 72.5 Å². The number of alkyl carbamates (subject to hydrolysis) is 1. The summed E-state index contributed by atoms with van der Waals surface area (Å²) in [6, 6.07) is -0.119. The maximum absolute atomic E-state index is 11.9. The second-order valence-corrected chi connectivity index (χ2v) is 10.2. The largest absolute Gasteiger partial charge is 0.444 e. The Kier molecular flexibility index (Phi) is 5.48. The number of hydrogen-bond donors (Lipinski definition) is 1. The molecule has 0 aliphatic carbocycles. The van der Waals surface area contributed by atoms with Gasteiger partial charge in [0, 0.05) is 25.3 Å². The van der Waals surface area contributed by atoms with E-state index in [1.54, 1.807) is 32.7 Å². The average molecular weight is 377 g/mol. The van der Waals surface area contributed by atoms with E-state index < -0.39 is 21.5 Å². The lowest BCUT2D eigenvalue weighted by Crippen LogP contribution is -2.34. The monoisotopic (exact) mass is 377 g/mol. The van der Waals surface area contributed by atoms with Crippen molar-refractivity contribution >= 4 is 38.8 Å². The van der Waals surface area contributed by atoms with Crippen molar-refractivity contribution in [2.75, 3.05) is 25.1 Å². The number of fused-ring (bicyclic) bond motifs is 1. The van der Waals surface area contributed by atoms with Crippen LogP contribution in [0.15, 0.2) is 4.99 Å². The van der Waals surface area contributed by atoms with Gasteiger partial charge in [0.2, 0.25) is 5.91 Å². The van der Waals surface area contributed by atoms with E-state index >= 15 is 0 Å². The molecule has 2 rings (SSSR count). The van der Waals surface area contributed by atoms with E-state index in [0.29, 0.717) is 5.17 Å². The number of hydrogen-bond acceptors (Lipinski definition) is 6. The standard InChI is InChI=1S/C14H23N3O5S2/c1-14(2,3)22-13(19)15-6-5-11(18)16-12-17(4)9-7-24(20,21)8-10(9)23-12/h9-10H,5-8H2,1-4H3,(H,15,19)/t9-,10+/m0/s1. The highest BCUT2D eigenvalue weighted by Crippen LogP contribution is 2.36. The molecule has 0 radical (unpaired) electrons. The number of aliphatic imine (C=N–C) groups is 1. The van der Waals surface area contributed by atoms with Crippen LogP contribution in [0, 0.1) is 0 Å². The number of carbonyl (C=O) groups excluding carboxylic acids is 2. The van der Waals surface area contributed by atoms with Gasteiger partial charge in [-0.1, -0.05) is 11.8 Å². The van der Waals surface area contributed by atoms with Crippen LogP contribution in [-0.2, 0) is 19.4 Å². The topological polar surface area (TPSA) is 105 Å². The minimum atomic E-state index is -2.99. The number of amidine groups is 1. The third-order valence-electron chi connectivity index (χ3n) is 3.56. The molecule has 136 valence electrons. The lowest BCUT2D eigenvalue weighted by atomic mass is 10.2. The van der Waals surface area contributed by atoms with E-state index in [2.05, 4.69) is 10.3 Å². The van der Waals surface area contributed by atoms with Crippen LogP contribution in [0.2, 0.25) is 0 Å². The first-order chi connectivity index (χ1) is 11.0. The second-order valence-electron chi connectivity index (χ2n) is 6.88. The number of ether oxygens (including phenoxy) is 1. The molecule has 8 nitrogen and oxygen atoms in total. The SMILES string of the molecule is CN1C(=NC(=O)CCNC(=O)OC(C)(C)C)S[C@@H]2CS(=O)(=O)C[C@@H]21. The molecule has 0 bridgehead atoms. The molecule has 2 aliphatic heterocycles. The molecule has 0 unspecified atom stereocenters. The highest BCUT2D eigenvalue weighted by Gasteiger charge is 2.47. The predicted octanol–water partition coefficient (Wildman–Crippen LogP) is 0.628. The van der Waals surface area contributed by atoms with Gasteiger partial charge in [-0.05, 0) is 20.8 Å². The van der Waals surface area contributed by atoms with Gasteiger partial charge in [-0.3, -0.25) is 4.79 Å². The van der Waals surface area contributed by atoms with Crippen LogP contribution in [0.25, 0.3) is 0 Å². The molecule has 2 amide bonds. The Bertz CT molecular complexity index is 654. The van der Waals surface area contributed by atoms with E-state index in [1.807, 2.05) is 0 Å². The van der Waals surface area contributed by atoms with Crippen molar-refractivity contribution in [3.63, 3.8) is 0 Å². The van der Waals surface area contributed by atoms with Gasteiger partial charge >= 0.3 is 6.09 Å². The van der Waals surface area contributed by atoms with Gasteiger partial charge in [-0.15, -0.1) is 0 Å². The molecule has 0 aromatic carbocycles. The van der Waals surface area contributed by atoms with E-state index in [4.69, 9.17) is 4.74 Å². The zero-order valence-electron chi connectivity index (χ0n) is 14.2. The van der Waals surface area contributed by atoms with Gasteiger partial charge in [-0.25, -0.2) is 13.2 Å². The summed E-state index contributed by atoms with van der Waals surface area (Å²) in [5.74, 6) is -0.127. The number of thioether (sulfide) groups is 1. The van der Waals surface area contributed by atoms with Crippen LogP contribution in [0.3, 0.4) is 0 Å². The van der Waals surface area contributed by atoms with Gasteiger partial charge < -0.3 is 15.0 Å². The summed E-state index contributed by atoms with van der Waals surface area (Å²) in [6.07, 6.45) is -0.514. The lowest BCUT2D eigenvalue weighted by Gasteiger charge is -2.19. The molecule has 2 heterocycles. The summed E-state index contributed by atoms with van der Waals surface area (Å²) in [6.45, 7) is 5.41. The molecular formula is C14H23N3O5S2. The predicted molar refractivity (Wildman–Crippen MR) is 92.9 cm³/mol. The minimum absolute atomic E-state index is 0.0603. The van der Waals surface area contributed by atoms with Crippen molar-refractivity contribution < 1.29 is 22.7 Å². The van der Waals surface area contributed by atoms with E-state index in [0.717, 1.165) is 0 Å². The molecule has 0 saturated carbocycles. The molecule has 2 aliphatic rings. The fourth-order valence-electron chi connectivity index (χ4n) is 2.48. The Hall–Kier alpha value is -1.29. The molecular weight excluding hydrogens is 354 g/mol. The Morgan fingerprint density at radius 2 is 2.04 bits per heavy atom. The quantitative estimate of drug-likeness (QED) is 0.769. The van der Waals surface area contributed by atoms with Gasteiger partial charge in [0.05, 0.1) is 17.5 Å². The van der Waals surface area contributed by atoms with Gasteiger partial charge in [-0.2, -0.15) is 4.99 Å². The zero-order valence-corrected chi connectivity index (χ0v) is 15.9. The first-order valence-corrected chi connectivity index (χ1v) is 10.4. The van der Waals surface area contributed by atoms with Crippen molar-refractivity contribution in [1.82, 2.24) is 10.2 Å². The second kappa shape index (κ2) is 6.91. The molecule has 2 saturated heterocycles. The molecule has 2 fully saturated rings. The third-order valence-corrected chi connectivity index (χ3v) is 6.86. The number of nitrogens with zero attached hydrogens (tertiary/aromatic N) is 2. The van der Waals surface area contributed by atoms with E-state index in [-0.39, 0.29) is 41.7 Å². The molecule has 24 heavy (non-hydrogen) atoms. The molecule has 0 aromatic heterocycles. The minimum Gasteiger partial charge on any atom is -0.444 e. The average Bonchev–Trinajstić information content (AvgIpc) is 2.82. The van der Waals surface area contributed by atoms with Crippen molar-refractivity contribution in [2.24, 2.45) is 4.99 Å². The smallest absolute Gasteiger partial charge is 0.407 e. The van der Waals surface area contributed by atoms with E-state index in [1.165, 1.54) is 11.8 Å². The summed E-state index contributed by atoms with van der Waals surface area (Å²) in [7, 11) is -1.24. The van der Waals surface area contributed by atoms with Gasteiger partial charge in [0.15, 0.2) is 15.0 Å². The Balaban J connectivity index is 1.81. The molecule has 10 heteroatoms. The summed E-state index contributed by atoms with van der Waals surface area (Å²) in [5, 5.41) is 2.99. The first-order valence-electron chi connectivity index (χ1n) is 7.65. The Labute approximate surface area is 146 Å². The number of nitrogens with one attached hydrogen (secondary N) is 1. The molecule has 0 aromatic rings. The van der Waals surface area contributed by atoms with E-state index in [9.17, 15) is 18.0 Å². The summed E-state index contributed by atoms with van der Waals surface area (Å²) < 4.78 is 28.3. The summed E-state index contributed by atoms with van der Waals surface area (Å²) in [5.41, 5.74) is -0.588. The fourth-order valence-corrected chi connectivity index (χ4v) is 6.50. The Morgan fingerprint density at radius 3 is 2.62 bits per heavy atom. The zero-order chi connectivity index (χ0) is 18.1. The summed E-state index contributed by atoms with van der Waals surface area (Å²) in [4.78, 5) is 29.2. The molecule has 1 N–H and O–H groups in total. The van der Waals surface area contributed by atoms with Crippen LogP contribution >= 0.6 is 11.8 Å². The van der Waals surface area contributed by atoms with Crippen LogP contribution in [0.5, 0.6) is 0 Å². The maximum atomic E-state index is 11.9. The first kappa shape index (κ1) is 19.0. The Morgan fingerprint density at radius 1 is 1.38 bits per heavy atom. The maximum Gasteiger partial charge on any atom is 0.407 e. The van der Waals surface area contributed by atoms with Crippen LogP contribution in [0.1, 0.15) is 27.2 Å². The van der Waals surface area contributed by atoms with Gasteiger partial charge in [0.1, 0.15) is 5.60 Å². The van der Waals surface area contributed by atoms with Crippen molar-refractivity contribution in [3.8, 4) is 0 Å². The summed E-state index contributed by atoms with van der Waals surface area (Å²) >= 11 is 1.33. The van der Waals surface area contributed by atoms with Crippen molar-refractivity contribution in [2.45, 2.75) is 44.1 Å². The normalized spacial score (nSPS) is 27.2. The number of carbonyl (C=O) groups is 2. The number of rotatable bonds is 3.